The summed E-state index contributed by atoms with van der Waals surface area (Å²) in [6.07, 6.45) is 5.70. The highest BCUT2D eigenvalue weighted by molar-refractivity contribution is 7.99. The number of fused-ring (bicyclic) bond motifs is 3. The van der Waals surface area contributed by atoms with E-state index in [2.05, 4.69) is 43.3 Å². The van der Waals surface area contributed by atoms with Crippen LogP contribution in [-0.4, -0.2) is 18.5 Å². The lowest BCUT2D eigenvalue weighted by Crippen LogP contribution is -2.44. The van der Waals surface area contributed by atoms with E-state index < -0.39 is 0 Å². The van der Waals surface area contributed by atoms with Gasteiger partial charge in [-0.15, -0.1) is 11.8 Å². The average Bonchev–Trinajstić information content (AvgIpc) is 2.39. The predicted molar refractivity (Wildman–Crippen MR) is 72.6 cm³/mol. The molecule has 0 aromatic heterocycles. The number of ether oxygens (including phenoxy) is 1. The second-order valence-corrected chi connectivity index (χ2v) is 6.19. The van der Waals surface area contributed by atoms with E-state index >= 15 is 0 Å². The summed E-state index contributed by atoms with van der Waals surface area (Å²) in [5.41, 5.74) is 1.48. The third kappa shape index (κ3) is 1.74. The second kappa shape index (κ2) is 4.18. The molecule has 0 amide bonds. The Morgan fingerprint density at radius 1 is 1.35 bits per heavy atom. The molecule has 90 valence electrons. The third-order valence-corrected chi connectivity index (χ3v) is 5.46. The van der Waals surface area contributed by atoms with E-state index in [1.54, 1.807) is 0 Å². The predicted octanol–water partition coefficient (Wildman–Crippen LogP) is 3.86. The van der Waals surface area contributed by atoms with Crippen molar-refractivity contribution in [2.24, 2.45) is 5.92 Å². The van der Waals surface area contributed by atoms with Gasteiger partial charge in [-0.1, -0.05) is 30.4 Å². The fraction of sp³-hybridized carbons (Fsp3) is 0.467. The number of thioether (sulfide) groups is 1. The van der Waals surface area contributed by atoms with Crippen LogP contribution in [0.25, 0.3) is 0 Å². The van der Waals surface area contributed by atoms with Crippen LogP contribution in [-0.2, 0) is 4.74 Å². The van der Waals surface area contributed by atoms with Crippen LogP contribution in [0.5, 0.6) is 0 Å². The van der Waals surface area contributed by atoms with Gasteiger partial charge in [0.15, 0.2) is 0 Å². The van der Waals surface area contributed by atoms with Crippen LogP contribution in [0.4, 0.5) is 0 Å². The van der Waals surface area contributed by atoms with Gasteiger partial charge in [0.2, 0.25) is 0 Å². The maximum Gasteiger partial charge on any atom is 0.0729 e. The monoisotopic (exact) mass is 246 g/mol. The Balaban J connectivity index is 2.05. The number of benzene rings is 1. The van der Waals surface area contributed by atoms with E-state index in [1.807, 2.05) is 18.9 Å². The summed E-state index contributed by atoms with van der Waals surface area (Å²) in [6, 6.07) is 8.79. The summed E-state index contributed by atoms with van der Waals surface area (Å²) in [5, 5.41) is 0. The lowest BCUT2D eigenvalue weighted by molar-refractivity contribution is -0.0429. The van der Waals surface area contributed by atoms with Crippen molar-refractivity contribution in [3.05, 3.63) is 42.0 Å². The summed E-state index contributed by atoms with van der Waals surface area (Å²) in [4.78, 5) is 1.44. The van der Waals surface area contributed by atoms with Gasteiger partial charge in [-0.25, -0.2) is 0 Å². The first-order chi connectivity index (χ1) is 8.24. The highest BCUT2D eigenvalue weighted by atomic mass is 32.2. The molecule has 17 heavy (non-hydrogen) atoms. The lowest BCUT2D eigenvalue weighted by atomic mass is 9.71. The Labute approximate surface area is 107 Å². The number of rotatable bonds is 1. The minimum absolute atomic E-state index is 0.0000515. The quantitative estimate of drug-likeness (QED) is 0.696. The molecule has 0 bridgehead atoms. The fourth-order valence-electron chi connectivity index (χ4n) is 3.02. The van der Waals surface area contributed by atoms with Crippen molar-refractivity contribution in [3.63, 3.8) is 0 Å². The van der Waals surface area contributed by atoms with Crippen molar-refractivity contribution in [3.8, 4) is 0 Å². The van der Waals surface area contributed by atoms with Gasteiger partial charge in [0.25, 0.3) is 0 Å². The molecule has 1 nitrogen and oxygen atoms in total. The first kappa shape index (κ1) is 11.4. The van der Waals surface area contributed by atoms with Gasteiger partial charge in [-0.3, -0.25) is 0 Å². The Morgan fingerprint density at radius 2 is 2.18 bits per heavy atom. The smallest absolute Gasteiger partial charge is 0.0729 e. The van der Waals surface area contributed by atoms with Crippen molar-refractivity contribution in [2.75, 3.05) is 12.9 Å². The molecule has 1 heterocycles. The molecule has 3 atom stereocenters. The van der Waals surface area contributed by atoms with Crippen molar-refractivity contribution in [1.29, 1.82) is 0 Å². The summed E-state index contributed by atoms with van der Waals surface area (Å²) in [7, 11) is 1.85. The van der Waals surface area contributed by atoms with Crippen molar-refractivity contribution < 1.29 is 4.74 Å². The van der Waals surface area contributed by atoms with E-state index in [0.717, 1.165) is 12.2 Å². The molecule has 3 unspecified atom stereocenters. The van der Waals surface area contributed by atoms with Crippen LogP contribution in [0.15, 0.2) is 41.3 Å². The van der Waals surface area contributed by atoms with Crippen molar-refractivity contribution in [2.45, 2.75) is 29.8 Å². The largest absolute Gasteiger partial charge is 0.378 e. The molecule has 1 aromatic rings. The Hall–Kier alpha value is -0.730. The SMILES string of the molecule is COC1(C)CC=CC2c3ccccc3SCC21. The molecular weight excluding hydrogens is 228 g/mol. The fourth-order valence-corrected chi connectivity index (χ4v) is 4.48. The first-order valence-electron chi connectivity index (χ1n) is 6.18. The summed E-state index contributed by atoms with van der Waals surface area (Å²) in [5.74, 6) is 2.29. The highest BCUT2D eigenvalue weighted by Crippen LogP contribution is 2.49. The zero-order valence-electron chi connectivity index (χ0n) is 10.3. The van der Waals surface area contributed by atoms with Gasteiger partial charge in [-0.2, -0.15) is 0 Å². The Kier molecular flexibility index (Phi) is 2.80. The molecule has 0 radical (unpaired) electrons. The normalized spacial score (nSPS) is 35.2. The van der Waals surface area contributed by atoms with Crippen LogP contribution in [0.2, 0.25) is 0 Å². The molecule has 2 heteroatoms. The molecule has 0 spiro atoms. The van der Waals surface area contributed by atoms with Gasteiger partial charge >= 0.3 is 0 Å². The highest BCUT2D eigenvalue weighted by Gasteiger charge is 2.43. The zero-order valence-corrected chi connectivity index (χ0v) is 11.2. The van der Waals surface area contributed by atoms with Crippen LogP contribution >= 0.6 is 11.8 Å². The van der Waals surface area contributed by atoms with Gasteiger partial charge in [0, 0.05) is 29.6 Å². The van der Waals surface area contributed by atoms with Crippen LogP contribution < -0.4 is 0 Å². The molecule has 0 N–H and O–H groups in total. The molecule has 1 aromatic carbocycles. The molecule has 1 aliphatic heterocycles. The van der Waals surface area contributed by atoms with E-state index in [1.165, 1.54) is 10.5 Å². The van der Waals surface area contributed by atoms with Gasteiger partial charge in [0.05, 0.1) is 5.60 Å². The van der Waals surface area contributed by atoms with E-state index in [-0.39, 0.29) is 5.60 Å². The van der Waals surface area contributed by atoms with E-state index in [4.69, 9.17) is 4.74 Å². The maximum atomic E-state index is 5.80. The molecule has 1 aliphatic carbocycles. The average molecular weight is 246 g/mol. The molecule has 0 fully saturated rings. The third-order valence-electron chi connectivity index (χ3n) is 4.25. The minimum atomic E-state index is -0.0000515. The molecule has 3 rings (SSSR count). The first-order valence-corrected chi connectivity index (χ1v) is 7.17. The number of hydrogen-bond acceptors (Lipinski definition) is 2. The number of allylic oxidation sites excluding steroid dienone is 1. The lowest BCUT2D eigenvalue weighted by Gasteiger charge is -2.45. The molecular formula is C15H18OS. The Morgan fingerprint density at radius 3 is 3.00 bits per heavy atom. The zero-order chi connectivity index (χ0) is 11.9. The van der Waals surface area contributed by atoms with Crippen LogP contribution in [0, 0.1) is 5.92 Å². The van der Waals surface area contributed by atoms with Gasteiger partial charge in [-0.05, 0) is 25.0 Å². The summed E-state index contributed by atoms with van der Waals surface area (Å²) in [6.45, 7) is 2.25. The van der Waals surface area contributed by atoms with Crippen LogP contribution in [0.1, 0.15) is 24.8 Å². The van der Waals surface area contributed by atoms with Crippen molar-refractivity contribution in [1.82, 2.24) is 0 Å². The number of hydrogen-bond donors (Lipinski definition) is 0. The standard InChI is InChI=1S/C15H18OS/c1-15(16-2)9-5-7-11-12-6-3-4-8-14(12)17-10-13(11)15/h3-8,11,13H,9-10H2,1-2H3. The van der Waals surface area contributed by atoms with Crippen molar-refractivity contribution >= 4 is 11.8 Å². The molecule has 0 saturated heterocycles. The molecule has 2 aliphatic rings. The minimum Gasteiger partial charge on any atom is -0.378 e. The summed E-state index contributed by atoms with van der Waals surface area (Å²) < 4.78 is 5.80. The van der Waals surface area contributed by atoms with E-state index in [0.29, 0.717) is 11.8 Å². The van der Waals surface area contributed by atoms with E-state index in [9.17, 15) is 0 Å². The number of methoxy groups -OCH3 is 1. The van der Waals surface area contributed by atoms with Crippen LogP contribution in [0.3, 0.4) is 0 Å². The van der Waals surface area contributed by atoms with Gasteiger partial charge in [0.1, 0.15) is 0 Å². The summed E-state index contributed by atoms with van der Waals surface area (Å²) >= 11 is 1.98. The molecule has 0 saturated carbocycles. The topological polar surface area (TPSA) is 9.23 Å². The maximum absolute atomic E-state index is 5.80. The Bertz CT molecular complexity index is 454. The van der Waals surface area contributed by atoms with Gasteiger partial charge < -0.3 is 4.74 Å². The second-order valence-electron chi connectivity index (χ2n) is 5.13.